The van der Waals surface area contributed by atoms with Crippen LogP contribution in [0.2, 0.25) is 0 Å². The maximum Gasteiger partial charge on any atom is 0.354 e. The van der Waals surface area contributed by atoms with Gasteiger partial charge in [0.1, 0.15) is 11.4 Å². The minimum Gasteiger partial charge on any atom is -0.477 e. The Hall–Kier alpha value is -2.69. The fourth-order valence-corrected chi connectivity index (χ4v) is 1.70. The molecule has 5 heteroatoms. The standard InChI is InChI=1S/C15H14N2O3/c1-2-10-6-8-11(9-7-10)16-14(18)12-4-3-5-13(17-12)15(19)20/h3-9H,2H2,1H3,(H,16,18)(H,19,20). The summed E-state index contributed by atoms with van der Waals surface area (Å²) < 4.78 is 0. The first kappa shape index (κ1) is 13.7. The highest BCUT2D eigenvalue weighted by Gasteiger charge is 2.11. The summed E-state index contributed by atoms with van der Waals surface area (Å²) in [4.78, 5) is 26.6. The zero-order valence-corrected chi connectivity index (χ0v) is 11.0. The van der Waals surface area contributed by atoms with Gasteiger partial charge in [-0.1, -0.05) is 25.1 Å². The molecule has 5 nitrogen and oxygen atoms in total. The molecule has 2 rings (SSSR count). The molecule has 1 amide bonds. The minimum absolute atomic E-state index is 0.0736. The lowest BCUT2D eigenvalue weighted by molar-refractivity contribution is 0.0690. The lowest BCUT2D eigenvalue weighted by Crippen LogP contribution is -2.15. The van der Waals surface area contributed by atoms with Gasteiger partial charge >= 0.3 is 5.97 Å². The predicted octanol–water partition coefficient (Wildman–Crippen LogP) is 2.59. The number of aromatic carboxylic acids is 1. The van der Waals surface area contributed by atoms with E-state index in [1.165, 1.54) is 23.8 Å². The molecular formula is C15H14N2O3. The topological polar surface area (TPSA) is 79.3 Å². The quantitative estimate of drug-likeness (QED) is 0.895. The Kier molecular flexibility index (Phi) is 4.10. The average molecular weight is 270 g/mol. The van der Waals surface area contributed by atoms with E-state index in [1.807, 2.05) is 12.1 Å². The van der Waals surface area contributed by atoms with E-state index in [9.17, 15) is 9.59 Å². The van der Waals surface area contributed by atoms with E-state index in [1.54, 1.807) is 12.1 Å². The summed E-state index contributed by atoms with van der Waals surface area (Å²) >= 11 is 0. The van der Waals surface area contributed by atoms with Crippen LogP contribution >= 0.6 is 0 Å². The number of anilines is 1. The number of carboxylic acid groups (broad SMARTS) is 1. The first-order chi connectivity index (χ1) is 9.60. The molecule has 0 aliphatic carbocycles. The van der Waals surface area contributed by atoms with Crippen molar-refractivity contribution in [3.8, 4) is 0 Å². The monoisotopic (exact) mass is 270 g/mol. The number of hydrogen-bond acceptors (Lipinski definition) is 3. The van der Waals surface area contributed by atoms with E-state index in [2.05, 4.69) is 17.2 Å². The van der Waals surface area contributed by atoms with E-state index in [0.29, 0.717) is 5.69 Å². The number of rotatable bonds is 4. The SMILES string of the molecule is CCc1ccc(NC(=O)c2cccc(C(=O)O)n2)cc1. The molecule has 2 N–H and O–H groups in total. The molecule has 1 aromatic heterocycles. The molecule has 1 aromatic carbocycles. The second-order valence-corrected chi connectivity index (χ2v) is 4.22. The third-order valence-electron chi connectivity index (χ3n) is 2.82. The number of pyridine rings is 1. The van der Waals surface area contributed by atoms with Crippen LogP contribution in [0, 0.1) is 0 Å². The Morgan fingerprint density at radius 3 is 2.35 bits per heavy atom. The van der Waals surface area contributed by atoms with Gasteiger partial charge in [-0.25, -0.2) is 9.78 Å². The van der Waals surface area contributed by atoms with Crippen LogP contribution in [0.5, 0.6) is 0 Å². The van der Waals surface area contributed by atoms with Gasteiger partial charge in [-0.3, -0.25) is 4.79 Å². The molecule has 2 aromatic rings. The van der Waals surface area contributed by atoms with Crippen molar-refractivity contribution in [2.75, 3.05) is 5.32 Å². The number of carbonyl (C=O) groups is 2. The number of amides is 1. The van der Waals surface area contributed by atoms with Crippen LogP contribution < -0.4 is 5.32 Å². The molecule has 0 aliphatic rings. The molecule has 0 bridgehead atoms. The highest BCUT2D eigenvalue weighted by molar-refractivity contribution is 6.03. The molecule has 0 atom stereocenters. The number of carbonyl (C=O) groups excluding carboxylic acids is 1. The zero-order chi connectivity index (χ0) is 14.5. The normalized spacial score (nSPS) is 10.1. The molecule has 102 valence electrons. The number of carboxylic acids is 1. The lowest BCUT2D eigenvalue weighted by Gasteiger charge is -2.06. The molecule has 1 heterocycles. The minimum atomic E-state index is -1.16. The fraction of sp³-hybridized carbons (Fsp3) is 0.133. The van der Waals surface area contributed by atoms with E-state index >= 15 is 0 Å². The average Bonchev–Trinajstić information content (AvgIpc) is 2.48. The number of hydrogen-bond donors (Lipinski definition) is 2. The van der Waals surface area contributed by atoms with Crippen LogP contribution in [0.3, 0.4) is 0 Å². The predicted molar refractivity (Wildman–Crippen MR) is 75.0 cm³/mol. The summed E-state index contributed by atoms with van der Waals surface area (Å²) in [7, 11) is 0. The highest BCUT2D eigenvalue weighted by atomic mass is 16.4. The summed E-state index contributed by atoms with van der Waals surface area (Å²) in [6.45, 7) is 2.05. The first-order valence-electron chi connectivity index (χ1n) is 6.21. The van der Waals surface area contributed by atoms with Crippen LogP contribution in [0.25, 0.3) is 0 Å². The van der Waals surface area contributed by atoms with Gasteiger partial charge < -0.3 is 10.4 Å². The van der Waals surface area contributed by atoms with Gasteiger partial charge in [0.15, 0.2) is 0 Å². The number of benzene rings is 1. The first-order valence-corrected chi connectivity index (χ1v) is 6.21. The Balaban J connectivity index is 2.14. The summed E-state index contributed by atoms with van der Waals surface area (Å²) in [5, 5.41) is 11.5. The van der Waals surface area contributed by atoms with Gasteiger partial charge in [0.2, 0.25) is 0 Å². The number of nitrogens with one attached hydrogen (secondary N) is 1. The molecule has 0 fully saturated rings. The van der Waals surface area contributed by atoms with Crippen molar-refractivity contribution in [2.45, 2.75) is 13.3 Å². The Bertz CT molecular complexity index is 636. The number of aromatic nitrogens is 1. The summed E-state index contributed by atoms with van der Waals surface area (Å²) in [5.74, 6) is -1.59. The highest BCUT2D eigenvalue weighted by Crippen LogP contribution is 2.11. The van der Waals surface area contributed by atoms with Crippen molar-refractivity contribution in [2.24, 2.45) is 0 Å². The molecule has 0 radical (unpaired) electrons. The third-order valence-corrected chi connectivity index (χ3v) is 2.82. The Morgan fingerprint density at radius 1 is 1.10 bits per heavy atom. The van der Waals surface area contributed by atoms with Gasteiger partial charge in [-0.2, -0.15) is 0 Å². The van der Waals surface area contributed by atoms with Gasteiger partial charge in [-0.15, -0.1) is 0 Å². The van der Waals surface area contributed by atoms with Crippen molar-refractivity contribution < 1.29 is 14.7 Å². The molecule has 0 saturated carbocycles. The van der Waals surface area contributed by atoms with E-state index in [4.69, 9.17) is 5.11 Å². The lowest BCUT2D eigenvalue weighted by atomic mass is 10.1. The molecular weight excluding hydrogens is 256 g/mol. The van der Waals surface area contributed by atoms with E-state index in [0.717, 1.165) is 6.42 Å². The van der Waals surface area contributed by atoms with Crippen molar-refractivity contribution in [3.05, 3.63) is 59.4 Å². The van der Waals surface area contributed by atoms with Crippen molar-refractivity contribution in [1.29, 1.82) is 0 Å². The van der Waals surface area contributed by atoms with Gasteiger partial charge in [-0.05, 0) is 36.2 Å². The summed E-state index contributed by atoms with van der Waals surface area (Å²) in [6.07, 6.45) is 0.927. The second-order valence-electron chi connectivity index (χ2n) is 4.22. The van der Waals surface area contributed by atoms with E-state index in [-0.39, 0.29) is 11.4 Å². The molecule has 0 unspecified atom stereocenters. The van der Waals surface area contributed by atoms with Gasteiger partial charge in [0.25, 0.3) is 5.91 Å². The Labute approximate surface area is 116 Å². The third kappa shape index (κ3) is 3.20. The molecule has 0 spiro atoms. The van der Waals surface area contributed by atoms with Crippen molar-refractivity contribution in [3.63, 3.8) is 0 Å². The summed E-state index contributed by atoms with van der Waals surface area (Å²) in [5.41, 5.74) is 1.74. The van der Waals surface area contributed by atoms with Crippen LogP contribution in [-0.2, 0) is 6.42 Å². The number of nitrogens with zero attached hydrogens (tertiary/aromatic N) is 1. The zero-order valence-electron chi connectivity index (χ0n) is 11.0. The summed E-state index contributed by atoms with van der Waals surface area (Å²) in [6, 6.07) is 11.8. The second kappa shape index (κ2) is 5.97. The maximum atomic E-state index is 12.0. The van der Waals surface area contributed by atoms with Crippen LogP contribution in [0.1, 0.15) is 33.5 Å². The van der Waals surface area contributed by atoms with Gasteiger partial charge in [0, 0.05) is 5.69 Å². The fourth-order valence-electron chi connectivity index (χ4n) is 1.70. The molecule has 20 heavy (non-hydrogen) atoms. The number of aryl methyl sites for hydroxylation is 1. The largest absolute Gasteiger partial charge is 0.477 e. The van der Waals surface area contributed by atoms with Crippen molar-refractivity contribution >= 4 is 17.6 Å². The molecule has 0 saturated heterocycles. The smallest absolute Gasteiger partial charge is 0.354 e. The van der Waals surface area contributed by atoms with Crippen molar-refractivity contribution in [1.82, 2.24) is 4.98 Å². The van der Waals surface area contributed by atoms with E-state index < -0.39 is 11.9 Å². The van der Waals surface area contributed by atoms with Crippen LogP contribution in [0.4, 0.5) is 5.69 Å². The van der Waals surface area contributed by atoms with Crippen LogP contribution in [-0.4, -0.2) is 22.0 Å². The Morgan fingerprint density at radius 2 is 1.75 bits per heavy atom. The molecule has 0 aliphatic heterocycles. The van der Waals surface area contributed by atoms with Gasteiger partial charge in [0.05, 0.1) is 0 Å². The maximum absolute atomic E-state index is 12.0. The van der Waals surface area contributed by atoms with Crippen LogP contribution in [0.15, 0.2) is 42.5 Å².